The Morgan fingerprint density at radius 1 is 1.24 bits per heavy atom. The summed E-state index contributed by atoms with van der Waals surface area (Å²) in [5.74, 6) is 6.20. The molecule has 1 fully saturated rings. The Hall–Kier alpha value is -4.21. The highest BCUT2D eigenvalue weighted by atomic mass is 32.1. The third-order valence-corrected chi connectivity index (χ3v) is 6.54. The van der Waals surface area contributed by atoms with Gasteiger partial charge in [-0.1, -0.05) is 23.3 Å². The quantitative estimate of drug-likeness (QED) is 0.321. The Labute approximate surface area is 220 Å². The van der Waals surface area contributed by atoms with Gasteiger partial charge in [0.2, 0.25) is 5.13 Å². The maximum atomic E-state index is 13.5. The molecule has 0 bridgehead atoms. The number of amides is 1. The smallest absolute Gasteiger partial charge is 0.280 e. The van der Waals surface area contributed by atoms with E-state index < -0.39 is 18.0 Å². The predicted octanol–water partition coefficient (Wildman–Crippen LogP) is 4.42. The molecule has 1 saturated carbocycles. The molecule has 9 nitrogen and oxygen atoms in total. The third-order valence-electron chi connectivity index (χ3n) is 5.79. The second-order valence-corrected chi connectivity index (χ2v) is 9.47. The van der Waals surface area contributed by atoms with Gasteiger partial charge in [-0.3, -0.25) is 19.8 Å². The molecule has 1 aliphatic carbocycles. The number of carbonyl (C=O) groups is 1. The normalized spacial score (nSPS) is 12.8. The lowest BCUT2D eigenvalue weighted by molar-refractivity contribution is 0.102. The molecule has 38 heavy (non-hydrogen) atoms. The van der Waals surface area contributed by atoms with Gasteiger partial charge in [-0.2, -0.15) is 5.10 Å². The van der Waals surface area contributed by atoms with Crippen molar-refractivity contribution in [2.75, 3.05) is 19.0 Å². The highest BCUT2D eigenvalue weighted by Crippen LogP contribution is 2.37. The summed E-state index contributed by atoms with van der Waals surface area (Å²) in [7, 11) is 1.40. The molecule has 0 aliphatic heterocycles. The van der Waals surface area contributed by atoms with E-state index in [4.69, 9.17) is 4.74 Å². The lowest BCUT2D eigenvalue weighted by Gasteiger charge is -2.15. The van der Waals surface area contributed by atoms with Crippen LogP contribution < -0.4 is 10.1 Å². The van der Waals surface area contributed by atoms with Gasteiger partial charge in [-0.25, -0.2) is 8.78 Å². The van der Waals surface area contributed by atoms with Crippen LogP contribution in [0.5, 0.6) is 5.75 Å². The first-order chi connectivity index (χ1) is 18.4. The summed E-state index contributed by atoms with van der Waals surface area (Å²) in [5.41, 5.74) is 1.80. The zero-order chi connectivity index (χ0) is 26.6. The van der Waals surface area contributed by atoms with E-state index in [1.54, 1.807) is 35.3 Å². The summed E-state index contributed by atoms with van der Waals surface area (Å²) in [4.78, 5) is 17.2. The van der Waals surface area contributed by atoms with Crippen molar-refractivity contribution >= 4 is 22.4 Å². The molecule has 1 amide bonds. The molecule has 5 rings (SSSR count). The number of ether oxygens (including phenoxy) is 1. The van der Waals surface area contributed by atoms with Gasteiger partial charge in [0.05, 0.1) is 32.7 Å². The van der Waals surface area contributed by atoms with Gasteiger partial charge >= 0.3 is 0 Å². The number of hydrogen-bond donors (Lipinski definition) is 2. The van der Waals surface area contributed by atoms with Gasteiger partial charge < -0.3 is 9.84 Å². The zero-order valence-electron chi connectivity index (χ0n) is 20.2. The van der Waals surface area contributed by atoms with Crippen LogP contribution in [0.3, 0.4) is 0 Å². The van der Waals surface area contributed by atoms with Crippen molar-refractivity contribution in [2.45, 2.75) is 25.8 Å². The Morgan fingerprint density at radius 3 is 2.82 bits per heavy atom. The van der Waals surface area contributed by atoms with E-state index in [-0.39, 0.29) is 28.6 Å². The van der Waals surface area contributed by atoms with E-state index >= 15 is 0 Å². The summed E-state index contributed by atoms with van der Waals surface area (Å²) in [6.45, 7) is 0.244. The van der Waals surface area contributed by atoms with Crippen LogP contribution in [0.15, 0.2) is 42.9 Å². The number of methoxy groups -OCH3 is 1. The summed E-state index contributed by atoms with van der Waals surface area (Å²) in [6, 6.07) is 6.24. The maximum absolute atomic E-state index is 13.5. The molecule has 1 aromatic carbocycles. The number of aliphatic hydroxyl groups is 1. The van der Waals surface area contributed by atoms with Gasteiger partial charge in [0.25, 0.3) is 12.3 Å². The first kappa shape index (κ1) is 25.4. The van der Waals surface area contributed by atoms with Crippen LogP contribution in [0.2, 0.25) is 0 Å². The molecule has 0 radical (unpaired) electrons. The van der Waals surface area contributed by atoms with Crippen LogP contribution in [0.4, 0.5) is 13.9 Å². The minimum atomic E-state index is -2.81. The number of halogens is 2. The van der Waals surface area contributed by atoms with E-state index in [1.807, 2.05) is 0 Å². The maximum Gasteiger partial charge on any atom is 0.280 e. The van der Waals surface area contributed by atoms with E-state index in [0.717, 1.165) is 29.7 Å². The standard InChI is InChI=1S/C26H22F2N6O3S/c1-37-22-13-29-21(24(27)28)11-20(22)19-10-16(17-12-30-34(14-17)8-9-35)5-6-18(19)25(36)31-26-33-32-23(38-26)7-4-15-2-3-15/h5-6,10-15,24,35H,2-3,8-9H2,1H3,(H,31,33,36). The number of anilines is 1. The second kappa shape index (κ2) is 11.0. The van der Waals surface area contributed by atoms with Crippen LogP contribution >= 0.6 is 11.3 Å². The molecule has 3 aromatic heterocycles. The lowest BCUT2D eigenvalue weighted by Crippen LogP contribution is -2.13. The molecule has 0 spiro atoms. The van der Waals surface area contributed by atoms with Crippen LogP contribution in [-0.4, -0.2) is 49.7 Å². The van der Waals surface area contributed by atoms with Crippen LogP contribution in [0, 0.1) is 17.8 Å². The van der Waals surface area contributed by atoms with E-state index in [1.165, 1.54) is 19.4 Å². The van der Waals surface area contributed by atoms with Crippen LogP contribution in [0.25, 0.3) is 22.3 Å². The molecular weight excluding hydrogens is 514 g/mol. The minimum Gasteiger partial charge on any atom is -0.494 e. The summed E-state index contributed by atoms with van der Waals surface area (Å²) < 4.78 is 34.1. The average Bonchev–Trinajstić information content (AvgIpc) is 3.46. The number of rotatable bonds is 8. The lowest BCUT2D eigenvalue weighted by atomic mass is 9.94. The number of benzene rings is 1. The minimum absolute atomic E-state index is 0.0738. The molecule has 2 N–H and O–H groups in total. The summed E-state index contributed by atoms with van der Waals surface area (Å²) in [5, 5.41) is 24.9. The fraction of sp³-hybridized carbons (Fsp3) is 0.269. The predicted molar refractivity (Wildman–Crippen MR) is 137 cm³/mol. The fourth-order valence-corrected chi connectivity index (χ4v) is 4.31. The fourth-order valence-electron chi connectivity index (χ4n) is 3.71. The van der Waals surface area contributed by atoms with Crippen molar-refractivity contribution in [3.63, 3.8) is 0 Å². The molecule has 4 aromatic rings. The van der Waals surface area contributed by atoms with Crippen LogP contribution in [-0.2, 0) is 6.54 Å². The van der Waals surface area contributed by atoms with E-state index in [0.29, 0.717) is 28.6 Å². The van der Waals surface area contributed by atoms with E-state index in [9.17, 15) is 18.7 Å². The highest BCUT2D eigenvalue weighted by molar-refractivity contribution is 7.15. The van der Waals surface area contributed by atoms with Crippen LogP contribution in [0.1, 0.15) is 40.3 Å². The van der Waals surface area contributed by atoms with Gasteiger partial charge in [0.1, 0.15) is 11.4 Å². The van der Waals surface area contributed by atoms with Crippen molar-refractivity contribution in [2.24, 2.45) is 5.92 Å². The molecule has 0 saturated heterocycles. The SMILES string of the molecule is COc1cnc(C(F)F)cc1-c1cc(-c2cnn(CCO)c2)ccc1C(=O)Nc1nnc(C#CC2CC2)s1. The highest BCUT2D eigenvalue weighted by Gasteiger charge is 2.22. The average molecular weight is 537 g/mol. The number of nitrogens with zero attached hydrogens (tertiary/aromatic N) is 5. The molecule has 12 heteroatoms. The van der Waals surface area contributed by atoms with Crippen molar-refractivity contribution in [3.8, 4) is 39.8 Å². The first-order valence-corrected chi connectivity index (χ1v) is 12.5. The van der Waals surface area contributed by atoms with Gasteiger partial charge in [-0.05, 0) is 48.1 Å². The number of carbonyl (C=O) groups excluding carboxylic acids is 1. The molecular formula is C26H22F2N6O3S. The van der Waals surface area contributed by atoms with Gasteiger partial charge in [0.15, 0.2) is 5.01 Å². The van der Waals surface area contributed by atoms with Crippen molar-refractivity contribution in [3.05, 3.63) is 59.1 Å². The first-order valence-electron chi connectivity index (χ1n) is 11.7. The Bertz CT molecular complexity index is 1540. The molecule has 0 unspecified atom stereocenters. The van der Waals surface area contributed by atoms with Crippen molar-refractivity contribution < 1.29 is 23.4 Å². The molecule has 1 aliphatic rings. The van der Waals surface area contributed by atoms with E-state index in [2.05, 4.69) is 37.4 Å². The summed E-state index contributed by atoms with van der Waals surface area (Å²) in [6.07, 6.45) is 3.93. The molecule has 3 heterocycles. The Morgan fingerprint density at radius 2 is 2.08 bits per heavy atom. The molecule has 0 atom stereocenters. The largest absolute Gasteiger partial charge is 0.494 e. The zero-order valence-corrected chi connectivity index (χ0v) is 21.0. The topological polar surface area (TPSA) is 115 Å². The Balaban J connectivity index is 1.54. The van der Waals surface area contributed by atoms with Crippen molar-refractivity contribution in [1.29, 1.82) is 0 Å². The monoisotopic (exact) mass is 536 g/mol. The third kappa shape index (κ3) is 5.69. The van der Waals surface area contributed by atoms with Gasteiger partial charge in [0, 0.05) is 28.8 Å². The van der Waals surface area contributed by atoms with Crippen molar-refractivity contribution in [1.82, 2.24) is 25.0 Å². The molecule has 194 valence electrons. The number of pyridine rings is 1. The number of aromatic nitrogens is 5. The number of hydrogen-bond acceptors (Lipinski definition) is 8. The number of alkyl halides is 2. The number of nitrogens with one attached hydrogen (secondary N) is 1. The number of aliphatic hydroxyl groups excluding tert-OH is 1. The van der Waals surface area contributed by atoms with Gasteiger partial charge in [-0.15, -0.1) is 10.2 Å². The Kier molecular flexibility index (Phi) is 7.39. The second-order valence-electron chi connectivity index (χ2n) is 8.50. The summed E-state index contributed by atoms with van der Waals surface area (Å²) >= 11 is 1.16.